The van der Waals surface area contributed by atoms with E-state index in [1.807, 2.05) is 6.07 Å². The van der Waals surface area contributed by atoms with E-state index in [4.69, 9.17) is 9.84 Å². The molecule has 2 rings (SSSR count). The van der Waals surface area contributed by atoms with E-state index in [0.717, 1.165) is 0 Å². The topological polar surface area (TPSA) is 66.8 Å². The Hall–Kier alpha value is -1.85. The van der Waals surface area contributed by atoms with Crippen LogP contribution >= 0.6 is 15.9 Å². The van der Waals surface area contributed by atoms with Crippen LogP contribution in [0.2, 0.25) is 0 Å². The van der Waals surface area contributed by atoms with Gasteiger partial charge in [0.1, 0.15) is 11.5 Å². The summed E-state index contributed by atoms with van der Waals surface area (Å²) in [5.41, 5.74) is 0.837. The third kappa shape index (κ3) is 3.13. The third-order valence-corrected chi connectivity index (χ3v) is 3.20. The summed E-state index contributed by atoms with van der Waals surface area (Å²) in [6.07, 6.45) is 0. The van der Waals surface area contributed by atoms with Crippen LogP contribution in [0.4, 0.5) is 0 Å². The number of carbonyl (C=O) groups is 1. The lowest BCUT2D eigenvalue weighted by molar-refractivity contribution is 0.0696. The quantitative estimate of drug-likeness (QED) is 0.905. The zero-order valence-corrected chi connectivity index (χ0v) is 11.4. The number of para-hydroxylation sites is 1. The van der Waals surface area contributed by atoms with Crippen molar-refractivity contribution in [2.24, 2.45) is 0 Å². The largest absolute Gasteiger partial charge is 0.478 e. The average Bonchev–Trinajstić information content (AvgIpc) is 2.39. The Labute approximate surface area is 118 Å². The zero-order chi connectivity index (χ0) is 13.8. The molecule has 2 aromatic rings. The normalized spacial score (nSPS) is 10.2. The molecule has 0 aliphatic heterocycles. The van der Waals surface area contributed by atoms with Crippen LogP contribution < -0.4 is 4.74 Å². The lowest BCUT2D eigenvalue weighted by Gasteiger charge is -2.10. The smallest absolute Gasteiger partial charge is 0.336 e. The number of aromatic carboxylic acids is 1. The molecule has 0 spiro atoms. The van der Waals surface area contributed by atoms with Crippen LogP contribution in [0.25, 0.3) is 0 Å². The van der Waals surface area contributed by atoms with Gasteiger partial charge in [0.05, 0.1) is 12.2 Å². The standard InChI is InChI=1S/C14H11BrO4/c15-12-7-10(5-6-11(12)14(17)18)19-13-4-2-1-3-9(13)8-16/h1-7,16H,8H2,(H,17,18). The van der Waals surface area contributed by atoms with Gasteiger partial charge >= 0.3 is 5.97 Å². The van der Waals surface area contributed by atoms with Crippen LogP contribution in [0.3, 0.4) is 0 Å². The minimum atomic E-state index is -1.01. The third-order valence-electron chi connectivity index (χ3n) is 2.54. The fourth-order valence-corrected chi connectivity index (χ4v) is 2.12. The molecule has 98 valence electrons. The highest BCUT2D eigenvalue weighted by Gasteiger charge is 2.10. The van der Waals surface area contributed by atoms with Gasteiger partial charge < -0.3 is 14.9 Å². The fourth-order valence-electron chi connectivity index (χ4n) is 1.59. The van der Waals surface area contributed by atoms with Gasteiger partial charge in [-0.25, -0.2) is 4.79 Å². The Balaban J connectivity index is 2.29. The van der Waals surface area contributed by atoms with E-state index in [1.165, 1.54) is 6.07 Å². The summed E-state index contributed by atoms with van der Waals surface area (Å²) in [7, 11) is 0. The predicted octanol–water partition coefficient (Wildman–Crippen LogP) is 3.43. The van der Waals surface area contributed by atoms with Crippen molar-refractivity contribution >= 4 is 21.9 Å². The van der Waals surface area contributed by atoms with Crippen molar-refractivity contribution in [2.45, 2.75) is 6.61 Å². The Morgan fingerprint density at radius 2 is 1.95 bits per heavy atom. The van der Waals surface area contributed by atoms with E-state index in [0.29, 0.717) is 21.5 Å². The molecular weight excluding hydrogens is 312 g/mol. The summed E-state index contributed by atoms with van der Waals surface area (Å²) in [4.78, 5) is 10.9. The van der Waals surface area contributed by atoms with Gasteiger partial charge in [0.2, 0.25) is 0 Å². The van der Waals surface area contributed by atoms with Gasteiger partial charge in [-0.15, -0.1) is 0 Å². The molecule has 19 heavy (non-hydrogen) atoms. The van der Waals surface area contributed by atoms with Crippen molar-refractivity contribution < 1.29 is 19.7 Å². The lowest BCUT2D eigenvalue weighted by Crippen LogP contribution is -1.98. The second-order valence-corrected chi connectivity index (χ2v) is 4.67. The molecule has 2 aromatic carbocycles. The van der Waals surface area contributed by atoms with Crippen LogP contribution in [0.1, 0.15) is 15.9 Å². The molecular formula is C14H11BrO4. The molecule has 0 amide bonds. The molecule has 2 N–H and O–H groups in total. The second-order valence-electron chi connectivity index (χ2n) is 3.81. The number of ether oxygens (including phenoxy) is 1. The summed E-state index contributed by atoms with van der Waals surface area (Å²) in [5, 5.41) is 18.1. The summed E-state index contributed by atoms with van der Waals surface area (Å²) in [5.74, 6) is 0.0342. The molecule has 0 unspecified atom stereocenters. The Kier molecular flexibility index (Phi) is 4.19. The number of halogens is 1. The zero-order valence-electron chi connectivity index (χ0n) is 9.84. The first-order chi connectivity index (χ1) is 9.11. The van der Waals surface area contributed by atoms with E-state index in [-0.39, 0.29) is 12.2 Å². The molecule has 0 saturated heterocycles. The molecule has 0 aliphatic rings. The van der Waals surface area contributed by atoms with Gasteiger partial charge in [-0.2, -0.15) is 0 Å². The monoisotopic (exact) mass is 322 g/mol. The van der Waals surface area contributed by atoms with E-state index in [2.05, 4.69) is 15.9 Å². The van der Waals surface area contributed by atoms with Gasteiger partial charge in [0, 0.05) is 10.0 Å². The van der Waals surface area contributed by atoms with Crippen LogP contribution in [0.5, 0.6) is 11.5 Å². The van der Waals surface area contributed by atoms with Crippen LogP contribution in [-0.4, -0.2) is 16.2 Å². The highest BCUT2D eigenvalue weighted by atomic mass is 79.9. The van der Waals surface area contributed by atoms with Crippen LogP contribution in [0, 0.1) is 0 Å². The number of rotatable bonds is 4. The summed E-state index contributed by atoms with van der Waals surface area (Å²) < 4.78 is 6.08. The first kappa shape index (κ1) is 13.6. The second kappa shape index (κ2) is 5.86. The molecule has 0 atom stereocenters. The van der Waals surface area contributed by atoms with Gasteiger partial charge in [-0.1, -0.05) is 18.2 Å². The summed E-state index contributed by atoms with van der Waals surface area (Å²) >= 11 is 3.19. The maximum atomic E-state index is 10.9. The molecule has 5 heteroatoms. The highest BCUT2D eigenvalue weighted by Crippen LogP contribution is 2.29. The number of carboxylic acid groups (broad SMARTS) is 1. The fraction of sp³-hybridized carbons (Fsp3) is 0.0714. The van der Waals surface area contributed by atoms with Gasteiger partial charge in [-0.05, 0) is 40.2 Å². The first-order valence-electron chi connectivity index (χ1n) is 5.51. The SMILES string of the molecule is O=C(O)c1ccc(Oc2ccccc2CO)cc1Br. The molecule has 0 bridgehead atoms. The molecule has 4 nitrogen and oxygen atoms in total. The summed E-state index contributed by atoms with van der Waals surface area (Å²) in [6, 6.07) is 11.7. The summed E-state index contributed by atoms with van der Waals surface area (Å²) in [6.45, 7) is -0.120. The average molecular weight is 323 g/mol. The molecule has 0 fully saturated rings. The van der Waals surface area contributed by atoms with E-state index in [9.17, 15) is 9.90 Å². The molecule has 0 aromatic heterocycles. The Morgan fingerprint density at radius 1 is 1.21 bits per heavy atom. The number of hydrogen-bond donors (Lipinski definition) is 2. The molecule has 0 radical (unpaired) electrons. The van der Waals surface area contributed by atoms with Gasteiger partial charge in [-0.3, -0.25) is 0 Å². The first-order valence-corrected chi connectivity index (χ1v) is 6.30. The van der Waals surface area contributed by atoms with Crippen molar-refractivity contribution in [1.29, 1.82) is 0 Å². The maximum Gasteiger partial charge on any atom is 0.336 e. The van der Waals surface area contributed by atoms with Crippen molar-refractivity contribution in [1.82, 2.24) is 0 Å². The Bertz CT molecular complexity index is 610. The molecule has 0 heterocycles. The maximum absolute atomic E-state index is 10.9. The minimum Gasteiger partial charge on any atom is -0.478 e. The van der Waals surface area contributed by atoms with Crippen LogP contribution in [-0.2, 0) is 6.61 Å². The van der Waals surface area contributed by atoms with Crippen molar-refractivity contribution in [3.63, 3.8) is 0 Å². The van der Waals surface area contributed by atoms with E-state index in [1.54, 1.807) is 30.3 Å². The van der Waals surface area contributed by atoms with Crippen molar-refractivity contribution in [3.05, 3.63) is 58.1 Å². The molecule has 0 aliphatic carbocycles. The van der Waals surface area contributed by atoms with Gasteiger partial charge in [0.25, 0.3) is 0 Å². The highest BCUT2D eigenvalue weighted by molar-refractivity contribution is 9.10. The van der Waals surface area contributed by atoms with Crippen molar-refractivity contribution in [2.75, 3.05) is 0 Å². The van der Waals surface area contributed by atoms with E-state index >= 15 is 0 Å². The lowest BCUT2D eigenvalue weighted by atomic mass is 10.2. The van der Waals surface area contributed by atoms with Crippen LogP contribution in [0.15, 0.2) is 46.9 Å². The minimum absolute atomic E-state index is 0.120. The Morgan fingerprint density at radius 3 is 2.58 bits per heavy atom. The number of benzene rings is 2. The van der Waals surface area contributed by atoms with Gasteiger partial charge in [0.15, 0.2) is 0 Å². The number of aliphatic hydroxyl groups is 1. The molecule has 0 saturated carbocycles. The number of aliphatic hydroxyl groups excluding tert-OH is 1. The predicted molar refractivity (Wildman–Crippen MR) is 73.5 cm³/mol. The number of hydrogen-bond acceptors (Lipinski definition) is 3. The van der Waals surface area contributed by atoms with E-state index < -0.39 is 5.97 Å². The number of carboxylic acids is 1. The van der Waals surface area contributed by atoms with Crippen molar-refractivity contribution in [3.8, 4) is 11.5 Å².